The molecule has 0 saturated carbocycles. The standard InChI is InChI=1S/C15H9ClN4S/c16-15-19-18-14(10-4-2-1-3-5-10)20(15)11-6-7-12-13(8-11)21-9-17-12/h1-9H. The summed E-state index contributed by atoms with van der Waals surface area (Å²) in [5, 5.41) is 8.55. The van der Waals surface area contributed by atoms with E-state index in [-0.39, 0.29) is 0 Å². The van der Waals surface area contributed by atoms with Gasteiger partial charge in [0.25, 0.3) is 0 Å². The van der Waals surface area contributed by atoms with Gasteiger partial charge in [0.1, 0.15) is 0 Å². The molecule has 0 aliphatic rings. The molecule has 4 nitrogen and oxygen atoms in total. The highest BCUT2D eigenvalue weighted by molar-refractivity contribution is 7.16. The molecule has 0 saturated heterocycles. The third-order valence-electron chi connectivity index (χ3n) is 3.23. The molecular formula is C15H9ClN4S. The average Bonchev–Trinajstić information content (AvgIpc) is 3.13. The van der Waals surface area contributed by atoms with Gasteiger partial charge in [-0.1, -0.05) is 30.3 Å². The van der Waals surface area contributed by atoms with Crippen LogP contribution in [0.15, 0.2) is 54.0 Å². The van der Waals surface area contributed by atoms with Crippen molar-refractivity contribution in [2.24, 2.45) is 0 Å². The zero-order valence-electron chi connectivity index (χ0n) is 10.8. The van der Waals surface area contributed by atoms with Gasteiger partial charge in [-0.25, -0.2) is 4.98 Å². The van der Waals surface area contributed by atoms with Crippen LogP contribution in [0.5, 0.6) is 0 Å². The van der Waals surface area contributed by atoms with Crippen molar-refractivity contribution in [3.8, 4) is 17.1 Å². The number of nitrogens with zero attached hydrogens (tertiary/aromatic N) is 4. The molecule has 0 bridgehead atoms. The third-order valence-corrected chi connectivity index (χ3v) is 4.26. The smallest absolute Gasteiger partial charge is 0.229 e. The summed E-state index contributed by atoms with van der Waals surface area (Å²) in [7, 11) is 0. The molecule has 21 heavy (non-hydrogen) atoms. The predicted octanol–water partition coefficient (Wildman–Crippen LogP) is 4.20. The Morgan fingerprint density at radius 2 is 1.86 bits per heavy atom. The summed E-state index contributed by atoms with van der Waals surface area (Å²) in [4.78, 5) is 4.29. The highest BCUT2D eigenvalue weighted by atomic mass is 35.5. The molecule has 0 radical (unpaired) electrons. The van der Waals surface area contributed by atoms with Crippen molar-refractivity contribution in [1.82, 2.24) is 19.7 Å². The fourth-order valence-electron chi connectivity index (χ4n) is 2.25. The van der Waals surface area contributed by atoms with E-state index >= 15 is 0 Å². The highest BCUT2D eigenvalue weighted by Crippen LogP contribution is 2.28. The van der Waals surface area contributed by atoms with Gasteiger partial charge in [0, 0.05) is 5.56 Å². The van der Waals surface area contributed by atoms with Crippen LogP contribution in [0.4, 0.5) is 0 Å². The highest BCUT2D eigenvalue weighted by Gasteiger charge is 2.14. The Hall–Kier alpha value is -2.24. The Bertz CT molecular complexity index is 914. The molecule has 0 N–H and O–H groups in total. The summed E-state index contributed by atoms with van der Waals surface area (Å²) >= 11 is 7.83. The van der Waals surface area contributed by atoms with Crippen molar-refractivity contribution >= 4 is 33.2 Å². The SMILES string of the molecule is Clc1nnc(-c2ccccc2)n1-c1ccc2ncsc2c1. The van der Waals surface area contributed by atoms with Gasteiger partial charge in [-0.15, -0.1) is 21.5 Å². The number of benzene rings is 2. The fraction of sp³-hybridized carbons (Fsp3) is 0. The van der Waals surface area contributed by atoms with E-state index in [0.29, 0.717) is 5.28 Å². The first-order valence-electron chi connectivity index (χ1n) is 6.33. The molecule has 0 unspecified atom stereocenters. The lowest BCUT2D eigenvalue weighted by Gasteiger charge is -2.07. The van der Waals surface area contributed by atoms with E-state index < -0.39 is 0 Å². The second-order valence-electron chi connectivity index (χ2n) is 4.50. The van der Waals surface area contributed by atoms with Crippen molar-refractivity contribution in [2.45, 2.75) is 0 Å². The summed E-state index contributed by atoms with van der Waals surface area (Å²) in [6.45, 7) is 0. The molecule has 2 aromatic carbocycles. The van der Waals surface area contributed by atoms with E-state index in [1.807, 2.05) is 52.5 Å². The van der Waals surface area contributed by atoms with Gasteiger partial charge in [0.2, 0.25) is 5.28 Å². The Balaban J connectivity index is 1.93. The number of hydrogen-bond acceptors (Lipinski definition) is 4. The van der Waals surface area contributed by atoms with E-state index in [9.17, 15) is 0 Å². The molecule has 4 aromatic rings. The van der Waals surface area contributed by atoms with Crippen LogP contribution in [-0.2, 0) is 0 Å². The Kier molecular flexibility index (Phi) is 2.94. The normalized spacial score (nSPS) is 11.1. The zero-order valence-corrected chi connectivity index (χ0v) is 12.3. The summed E-state index contributed by atoms with van der Waals surface area (Å²) < 4.78 is 2.95. The van der Waals surface area contributed by atoms with Gasteiger partial charge in [0.05, 0.1) is 21.4 Å². The molecule has 2 aromatic heterocycles. The van der Waals surface area contributed by atoms with Crippen LogP contribution in [0.3, 0.4) is 0 Å². The van der Waals surface area contributed by atoms with Crippen LogP contribution >= 0.6 is 22.9 Å². The Morgan fingerprint density at radius 3 is 2.71 bits per heavy atom. The van der Waals surface area contributed by atoms with Crippen LogP contribution in [0.2, 0.25) is 5.28 Å². The molecule has 0 amide bonds. The minimum absolute atomic E-state index is 0.345. The Morgan fingerprint density at radius 1 is 1.00 bits per heavy atom. The molecule has 2 heterocycles. The number of fused-ring (bicyclic) bond motifs is 1. The van der Waals surface area contributed by atoms with Crippen LogP contribution in [0.1, 0.15) is 0 Å². The van der Waals surface area contributed by atoms with Crippen molar-refractivity contribution in [1.29, 1.82) is 0 Å². The number of aromatic nitrogens is 4. The summed E-state index contributed by atoms with van der Waals surface area (Å²) in [6.07, 6.45) is 0. The lowest BCUT2D eigenvalue weighted by molar-refractivity contribution is 1.07. The number of hydrogen-bond donors (Lipinski definition) is 0. The van der Waals surface area contributed by atoms with E-state index in [1.165, 1.54) is 0 Å². The van der Waals surface area contributed by atoms with Gasteiger partial charge in [-0.05, 0) is 29.8 Å². The molecule has 0 atom stereocenters. The number of rotatable bonds is 2. The quantitative estimate of drug-likeness (QED) is 0.557. The first-order valence-corrected chi connectivity index (χ1v) is 7.58. The molecule has 0 aliphatic carbocycles. The predicted molar refractivity (Wildman–Crippen MR) is 85.0 cm³/mol. The molecule has 4 rings (SSSR count). The maximum absolute atomic E-state index is 6.23. The first kappa shape index (κ1) is 12.5. The average molecular weight is 313 g/mol. The van der Waals surface area contributed by atoms with Crippen LogP contribution in [0.25, 0.3) is 27.3 Å². The van der Waals surface area contributed by atoms with Gasteiger partial charge >= 0.3 is 0 Å². The van der Waals surface area contributed by atoms with Gasteiger partial charge < -0.3 is 0 Å². The molecule has 102 valence electrons. The number of thiazole rings is 1. The van der Waals surface area contributed by atoms with Gasteiger partial charge in [-0.3, -0.25) is 4.57 Å². The van der Waals surface area contributed by atoms with E-state index in [4.69, 9.17) is 11.6 Å². The van der Waals surface area contributed by atoms with E-state index in [2.05, 4.69) is 21.2 Å². The maximum atomic E-state index is 6.23. The summed E-state index contributed by atoms with van der Waals surface area (Å²) in [6, 6.07) is 15.9. The fourth-order valence-corrected chi connectivity index (χ4v) is 3.18. The van der Waals surface area contributed by atoms with Crippen molar-refractivity contribution in [3.63, 3.8) is 0 Å². The molecule has 0 fully saturated rings. The molecule has 0 spiro atoms. The van der Waals surface area contributed by atoms with Crippen LogP contribution in [-0.4, -0.2) is 19.7 Å². The minimum atomic E-state index is 0.345. The summed E-state index contributed by atoms with van der Waals surface area (Å²) in [5.41, 5.74) is 4.72. The van der Waals surface area contributed by atoms with Crippen molar-refractivity contribution in [2.75, 3.05) is 0 Å². The zero-order chi connectivity index (χ0) is 14.2. The van der Waals surface area contributed by atoms with Gasteiger partial charge in [-0.2, -0.15) is 0 Å². The lowest BCUT2D eigenvalue weighted by Crippen LogP contribution is -1.97. The first-order chi connectivity index (χ1) is 10.3. The van der Waals surface area contributed by atoms with Crippen molar-refractivity contribution < 1.29 is 0 Å². The van der Waals surface area contributed by atoms with Crippen molar-refractivity contribution in [3.05, 3.63) is 59.3 Å². The topological polar surface area (TPSA) is 43.6 Å². The van der Waals surface area contributed by atoms with Crippen LogP contribution in [0, 0.1) is 0 Å². The molecule has 6 heteroatoms. The third kappa shape index (κ3) is 2.11. The summed E-state index contributed by atoms with van der Waals surface area (Å²) in [5.74, 6) is 0.726. The van der Waals surface area contributed by atoms with E-state index in [1.54, 1.807) is 11.3 Å². The maximum Gasteiger partial charge on any atom is 0.229 e. The van der Waals surface area contributed by atoms with E-state index in [0.717, 1.165) is 27.3 Å². The monoisotopic (exact) mass is 312 g/mol. The minimum Gasteiger partial charge on any atom is -0.266 e. The van der Waals surface area contributed by atoms with Gasteiger partial charge in [0.15, 0.2) is 5.82 Å². The second kappa shape index (κ2) is 4.95. The largest absolute Gasteiger partial charge is 0.266 e. The molecular weight excluding hydrogens is 304 g/mol. The second-order valence-corrected chi connectivity index (χ2v) is 5.72. The van der Waals surface area contributed by atoms with Crippen LogP contribution < -0.4 is 0 Å². The lowest BCUT2D eigenvalue weighted by atomic mass is 10.2. The number of halogens is 1. The Labute approximate surface area is 129 Å². The molecule has 0 aliphatic heterocycles.